The molecule has 1 atom stereocenters. The minimum Gasteiger partial charge on any atom is -0.541 e. The summed E-state index contributed by atoms with van der Waals surface area (Å²) in [6.07, 6.45) is 3.60. The number of rotatable bonds is 4. The molecule has 1 N–H and O–H groups in total. The van der Waals surface area contributed by atoms with Crippen molar-refractivity contribution in [2.75, 3.05) is 23.3 Å². The van der Waals surface area contributed by atoms with Gasteiger partial charge in [0.1, 0.15) is 5.75 Å². The van der Waals surface area contributed by atoms with Crippen molar-refractivity contribution in [3.05, 3.63) is 53.6 Å². The molecule has 2 heterocycles. The highest BCUT2D eigenvalue weighted by Gasteiger charge is 2.27. The third kappa shape index (κ3) is 2.91. The topological polar surface area (TPSA) is 24.5 Å². The summed E-state index contributed by atoms with van der Waals surface area (Å²) < 4.78 is 6.16. The number of para-hydroxylation sites is 2. The zero-order chi connectivity index (χ0) is 16.5. The third-order valence-corrected chi connectivity index (χ3v) is 5.53. The Labute approximate surface area is 146 Å². The molecule has 1 unspecified atom stereocenters. The summed E-state index contributed by atoms with van der Waals surface area (Å²) in [7, 11) is -0.757. The smallest absolute Gasteiger partial charge is 0.274 e. The molecule has 0 saturated carbocycles. The first kappa shape index (κ1) is 15.6. The molecule has 4 heteroatoms. The number of hydrogen-bond acceptors (Lipinski definition) is 3. The van der Waals surface area contributed by atoms with Crippen LogP contribution in [0.1, 0.15) is 30.0 Å². The van der Waals surface area contributed by atoms with Gasteiger partial charge >= 0.3 is 0 Å². The van der Waals surface area contributed by atoms with Crippen LogP contribution in [-0.2, 0) is 6.42 Å². The molecule has 4 rings (SSSR count). The summed E-state index contributed by atoms with van der Waals surface area (Å²) in [6.45, 7) is 6.74. The lowest BCUT2D eigenvalue weighted by Gasteiger charge is -2.32. The van der Waals surface area contributed by atoms with Gasteiger partial charge < -0.3 is 14.6 Å². The summed E-state index contributed by atoms with van der Waals surface area (Å²) in [5, 5.41) is 3.74. The number of fused-ring (bicyclic) bond motifs is 2. The molecule has 2 bridgehead atoms. The fourth-order valence-electron chi connectivity index (χ4n) is 3.86. The summed E-state index contributed by atoms with van der Waals surface area (Å²) in [5.74, 6) is 1.08. The molecular weight excluding hydrogens is 312 g/mol. The van der Waals surface area contributed by atoms with E-state index in [4.69, 9.17) is 4.43 Å². The first-order chi connectivity index (χ1) is 11.7. The molecule has 0 amide bonds. The fourth-order valence-corrected chi connectivity index (χ4v) is 4.51. The monoisotopic (exact) mass is 337 g/mol. The minimum atomic E-state index is -0.757. The Balaban J connectivity index is 1.65. The van der Waals surface area contributed by atoms with Crippen molar-refractivity contribution in [3.63, 3.8) is 0 Å². The molecule has 2 aromatic carbocycles. The standard InChI is InChI=1S/C20H25N2OSi/c1-24(2)23-20-15-8-7-10-17(20)21-18(14-15)16-9-3-4-11-19(16)22-12-5-6-13-22/h3-4,7-11,18,21H,5-6,12-14H2,1-2H3. The Morgan fingerprint density at radius 3 is 2.58 bits per heavy atom. The quantitative estimate of drug-likeness (QED) is 0.824. The lowest BCUT2D eigenvalue weighted by Crippen LogP contribution is -2.26. The van der Waals surface area contributed by atoms with Gasteiger partial charge in [0.05, 0.1) is 11.7 Å². The van der Waals surface area contributed by atoms with Crippen LogP contribution in [0.4, 0.5) is 11.4 Å². The highest BCUT2D eigenvalue weighted by Crippen LogP contribution is 2.42. The molecule has 0 spiro atoms. The number of hydrogen-bond donors (Lipinski definition) is 1. The molecule has 1 fully saturated rings. The molecule has 1 radical (unpaired) electrons. The van der Waals surface area contributed by atoms with E-state index >= 15 is 0 Å². The first-order valence-corrected chi connectivity index (χ1v) is 11.3. The average molecular weight is 338 g/mol. The lowest BCUT2D eigenvalue weighted by molar-refractivity contribution is 0.556. The molecule has 0 aliphatic carbocycles. The van der Waals surface area contributed by atoms with E-state index in [0.717, 1.165) is 17.9 Å². The average Bonchev–Trinajstić information content (AvgIpc) is 3.08. The van der Waals surface area contributed by atoms with Crippen LogP contribution in [0.3, 0.4) is 0 Å². The van der Waals surface area contributed by atoms with E-state index in [1.165, 1.54) is 42.7 Å². The SMILES string of the molecule is C[Si](C)Oc1c2cccc1NC(c1ccccc1N1CCCC1)C2. The van der Waals surface area contributed by atoms with Crippen molar-refractivity contribution in [1.29, 1.82) is 0 Å². The Bertz CT molecular complexity index is 701. The highest BCUT2D eigenvalue weighted by atomic mass is 28.3. The Kier molecular flexibility index (Phi) is 4.23. The fraction of sp³-hybridized carbons (Fsp3) is 0.400. The van der Waals surface area contributed by atoms with E-state index < -0.39 is 9.04 Å². The van der Waals surface area contributed by atoms with Gasteiger partial charge in [-0.25, -0.2) is 0 Å². The van der Waals surface area contributed by atoms with Crippen molar-refractivity contribution >= 4 is 20.4 Å². The van der Waals surface area contributed by atoms with Crippen LogP contribution < -0.4 is 14.6 Å². The van der Waals surface area contributed by atoms with Gasteiger partial charge in [-0.2, -0.15) is 0 Å². The molecule has 1 saturated heterocycles. The second-order valence-electron chi connectivity index (χ2n) is 6.96. The van der Waals surface area contributed by atoms with E-state index in [1.54, 1.807) is 0 Å². The minimum absolute atomic E-state index is 0.324. The van der Waals surface area contributed by atoms with Crippen molar-refractivity contribution in [2.45, 2.75) is 38.4 Å². The van der Waals surface area contributed by atoms with Gasteiger partial charge in [0, 0.05) is 25.2 Å². The van der Waals surface area contributed by atoms with E-state index in [2.05, 4.69) is 65.8 Å². The van der Waals surface area contributed by atoms with Gasteiger partial charge in [0.2, 0.25) is 0 Å². The Morgan fingerprint density at radius 2 is 1.83 bits per heavy atom. The maximum atomic E-state index is 6.16. The van der Waals surface area contributed by atoms with Gasteiger partial charge in [0.15, 0.2) is 0 Å². The second-order valence-corrected chi connectivity index (χ2v) is 8.98. The molecule has 125 valence electrons. The summed E-state index contributed by atoms with van der Waals surface area (Å²) in [4.78, 5) is 2.54. The zero-order valence-electron chi connectivity index (χ0n) is 14.5. The lowest BCUT2D eigenvalue weighted by atomic mass is 9.92. The molecule has 3 nitrogen and oxygen atoms in total. The number of anilines is 2. The van der Waals surface area contributed by atoms with Crippen LogP contribution in [-0.4, -0.2) is 22.1 Å². The number of nitrogens with zero attached hydrogens (tertiary/aromatic N) is 1. The zero-order valence-corrected chi connectivity index (χ0v) is 15.5. The van der Waals surface area contributed by atoms with Gasteiger partial charge in [-0.1, -0.05) is 30.3 Å². The normalized spacial score (nSPS) is 19.5. The Hall–Kier alpha value is -1.94. The summed E-state index contributed by atoms with van der Waals surface area (Å²) in [6, 6.07) is 15.7. The van der Waals surface area contributed by atoms with E-state index in [9.17, 15) is 0 Å². The highest BCUT2D eigenvalue weighted by molar-refractivity contribution is 6.49. The molecule has 2 aromatic rings. The van der Waals surface area contributed by atoms with Gasteiger partial charge in [-0.05, 0) is 49.2 Å². The summed E-state index contributed by atoms with van der Waals surface area (Å²) >= 11 is 0. The van der Waals surface area contributed by atoms with Crippen molar-refractivity contribution in [2.24, 2.45) is 0 Å². The third-order valence-electron chi connectivity index (χ3n) is 4.92. The maximum absolute atomic E-state index is 6.16. The maximum Gasteiger partial charge on any atom is 0.274 e. The van der Waals surface area contributed by atoms with Crippen LogP contribution in [0.25, 0.3) is 0 Å². The number of benzene rings is 2. The van der Waals surface area contributed by atoms with Crippen LogP contribution in [0.2, 0.25) is 13.1 Å². The number of nitrogens with one attached hydrogen (secondary N) is 1. The van der Waals surface area contributed by atoms with Gasteiger partial charge in [-0.3, -0.25) is 0 Å². The molecule has 2 aliphatic heterocycles. The van der Waals surface area contributed by atoms with Crippen LogP contribution in [0.5, 0.6) is 5.75 Å². The second kappa shape index (κ2) is 6.52. The Morgan fingerprint density at radius 1 is 1.04 bits per heavy atom. The largest absolute Gasteiger partial charge is 0.541 e. The van der Waals surface area contributed by atoms with Crippen LogP contribution in [0, 0.1) is 0 Å². The van der Waals surface area contributed by atoms with E-state index in [-0.39, 0.29) is 0 Å². The predicted octanol–water partition coefficient (Wildman–Crippen LogP) is 4.63. The van der Waals surface area contributed by atoms with Crippen LogP contribution >= 0.6 is 0 Å². The van der Waals surface area contributed by atoms with E-state index in [0.29, 0.717) is 6.04 Å². The molecule has 2 aliphatic rings. The van der Waals surface area contributed by atoms with Crippen molar-refractivity contribution < 1.29 is 4.43 Å². The van der Waals surface area contributed by atoms with E-state index in [1.807, 2.05) is 0 Å². The molecular formula is C20H25N2OSi. The van der Waals surface area contributed by atoms with Gasteiger partial charge in [-0.15, -0.1) is 0 Å². The van der Waals surface area contributed by atoms with Crippen molar-refractivity contribution in [3.8, 4) is 5.75 Å². The van der Waals surface area contributed by atoms with Crippen LogP contribution in [0.15, 0.2) is 42.5 Å². The first-order valence-electron chi connectivity index (χ1n) is 8.92. The van der Waals surface area contributed by atoms with Crippen molar-refractivity contribution in [1.82, 2.24) is 0 Å². The summed E-state index contributed by atoms with van der Waals surface area (Å²) in [5.41, 5.74) is 5.29. The molecule has 24 heavy (non-hydrogen) atoms. The predicted molar refractivity (Wildman–Crippen MR) is 103 cm³/mol. The van der Waals surface area contributed by atoms with Gasteiger partial charge in [0.25, 0.3) is 9.04 Å². The molecule has 0 aromatic heterocycles.